The van der Waals surface area contributed by atoms with E-state index < -0.39 is 11.2 Å². The lowest BCUT2D eigenvalue weighted by molar-refractivity contribution is 0.415. The van der Waals surface area contributed by atoms with Crippen molar-refractivity contribution in [1.82, 2.24) is 9.97 Å². The molecular weight excluding hydrogens is 234 g/mol. The molecule has 0 radical (unpaired) electrons. The highest BCUT2D eigenvalue weighted by Crippen LogP contribution is 2.29. The molecule has 0 unspecified atom stereocenters. The van der Waals surface area contributed by atoms with Gasteiger partial charge < -0.3 is 14.6 Å². The first-order chi connectivity index (χ1) is 8.63. The summed E-state index contributed by atoms with van der Waals surface area (Å²) in [7, 11) is 3.28. The van der Waals surface area contributed by atoms with Crippen LogP contribution in [0.15, 0.2) is 40.1 Å². The van der Waals surface area contributed by atoms with Gasteiger partial charge in [0.2, 0.25) is 0 Å². The second kappa shape index (κ2) is 4.79. The van der Waals surface area contributed by atoms with Crippen molar-refractivity contribution in [3.05, 3.63) is 51.3 Å². The molecule has 0 bridgehead atoms. The Bertz CT molecular complexity index is 660. The van der Waals surface area contributed by atoms with Crippen molar-refractivity contribution in [1.29, 1.82) is 0 Å². The Morgan fingerprint density at radius 3 is 2.56 bits per heavy atom. The number of H-pyrrole nitrogens is 2. The van der Waals surface area contributed by atoms with Crippen LogP contribution in [0.4, 0.5) is 11.4 Å². The Morgan fingerprint density at radius 2 is 1.89 bits per heavy atom. The minimum atomic E-state index is -0.530. The first-order valence-electron chi connectivity index (χ1n) is 5.32. The molecule has 2 rings (SSSR count). The molecule has 0 fully saturated rings. The van der Waals surface area contributed by atoms with E-state index in [1.54, 1.807) is 25.1 Å². The van der Waals surface area contributed by atoms with Crippen molar-refractivity contribution >= 4 is 11.4 Å². The standard InChI is InChI=1S/C12H13N3O3/c1-15(8-5-3-4-6-10(8)18-2)9-7-13-12(17)14-11(9)16/h3-7H,1-2H3,(H2,13,14,16,17). The van der Waals surface area contributed by atoms with E-state index in [0.29, 0.717) is 11.4 Å². The van der Waals surface area contributed by atoms with Gasteiger partial charge in [0.1, 0.15) is 11.4 Å². The zero-order valence-corrected chi connectivity index (χ0v) is 10.1. The van der Waals surface area contributed by atoms with E-state index in [2.05, 4.69) is 9.97 Å². The second-order valence-electron chi connectivity index (χ2n) is 3.69. The van der Waals surface area contributed by atoms with Crippen LogP contribution in [0, 0.1) is 0 Å². The molecular formula is C12H13N3O3. The van der Waals surface area contributed by atoms with Gasteiger partial charge in [-0.1, -0.05) is 12.1 Å². The number of aromatic amines is 2. The summed E-state index contributed by atoms with van der Waals surface area (Å²) >= 11 is 0. The number of para-hydroxylation sites is 2. The number of aromatic nitrogens is 2. The fourth-order valence-corrected chi connectivity index (χ4v) is 1.69. The number of anilines is 2. The third-order valence-corrected chi connectivity index (χ3v) is 2.61. The molecule has 18 heavy (non-hydrogen) atoms. The van der Waals surface area contributed by atoms with E-state index in [1.807, 2.05) is 18.2 Å². The number of methoxy groups -OCH3 is 1. The maximum absolute atomic E-state index is 11.7. The highest BCUT2D eigenvalue weighted by atomic mass is 16.5. The summed E-state index contributed by atoms with van der Waals surface area (Å²) in [5.74, 6) is 0.644. The fraction of sp³-hybridized carbons (Fsp3) is 0.167. The zero-order valence-electron chi connectivity index (χ0n) is 10.1. The number of rotatable bonds is 3. The van der Waals surface area contributed by atoms with Crippen LogP contribution < -0.4 is 20.9 Å². The number of ether oxygens (including phenoxy) is 1. The van der Waals surface area contributed by atoms with Gasteiger partial charge >= 0.3 is 5.69 Å². The minimum absolute atomic E-state index is 0.333. The normalized spacial score (nSPS) is 10.1. The van der Waals surface area contributed by atoms with Gasteiger partial charge in [-0.05, 0) is 12.1 Å². The third-order valence-electron chi connectivity index (χ3n) is 2.61. The van der Waals surface area contributed by atoms with Gasteiger partial charge in [-0.15, -0.1) is 0 Å². The van der Waals surface area contributed by atoms with E-state index in [9.17, 15) is 9.59 Å². The SMILES string of the molecule is COc1ccccc1N(C)c1c[nH]c(=O)[nH]c1=O. The molecule has 1 heterocycles. The third kappa shape index (κ3) is 2.13. The zero-order chi connectivity index (χ0) is 13.1. The first kappa shape index (κ1) is 12.0. The molecule has 94 valence electrons. The molecule has 2 N–H and O–H groups in total. The van der Waals surface area contributed by atoms with Gasteiger partial charge in [-0.3, -0.25) is 9.78 Å². The molecule has 1 aromatic carbocycles. The summed E-state index contributed by atoms with van der Waals surface area (Å²) < 4.78 is 5.23. The average molecular weight is 247 g/mol. The minimum Gasteiger partial charge on any atom is -0.495 e. The smallest absolute Gasteiger partial charge is 0.325 e. The predicted octanol–water partition coefficient (Wildman–Crippen LogP) is 0.840. The molecule has 6 heteroatoms. The maximum Gasteiger partial charge on any atom is 0.325 e. The van der Waals surface area contributed by atoms with Crippen LogP contribution >= 0.6 is 0 Å². The van der Waals surface area contributed by atoms with Gasteiger partial charge in [-0.2, -0.15) is 0 Å². The van der Waals surface area contributed by atoms with Crippen LogP contribution in [0.1, 0.15) is 0 Å². The van der Waals surface area contributed by atoms with Crippen molar-refractivity contribution in [2.75, 3.05) is 19.1 Å². The summed E-state index contributed by atoms with van der Waals surface area (Å²) in [5.41, 5.74) is 0.0842. The van der Waals surface area contributed by atoms with Gasteiger partial charge in [0.25, 0.3) is 5.56 Å². The largest absolute Gasteiger partial charge is 0.495 e. The number of nitrogens with zero attached hydrogens (tertiary/aromatic N) is 1. The van der Waals surface area contributed by atoms with E-state index in [4.69, 9.17) is 4.74 Å². The van der Waals surface area contributed by atoms with Crippen molar-refractivity contribution in [2.24, 2.45) is 0 Å². The van der Waals surface area contributed by atoms with Crippen LogP contribution in [0.25, 0.3) is 0 Å². The summed E-state index contributed by atoms with van der Waals surface area (Å²) in [6.07, 6.45) is 1.37. The Kier molecular flexibility index (Phi) is 3.18. The van der Waals surface area contributed by atoms with Gasteiger partial charge in [0.15, 0.2) is 0 Å². The second-order valence-corrected chi connectivity index (χ2v) is 3.69. The Hall–Kier alpha value is -2.50. The van der Waals surface area contributed by atoms with E-state index in [1.165, 1.54) is 6.20 Å². The maximum atomic E-state index is 11.7. The highest BCUT2D eigenvalue weighted by Gasteiger charge is 2.12. The Balaban J connectivity index is 2.51. The van der Waals surface area contributed by atoms with Crippen LogP contribution in [-0.4, -0.2) is 24.1 Å². The van der Waals surface area contributed by atoms with Crippen LogP contribution in [0.5, 0.6) is 5.75 Å². The number of nitrogens with one attached hydrogen (secondary N) is 2. The number of benzene rings is 1. The summed E-state index contributed by atoms with van der Waals surface area (Å²) in [4.78, 5) is 28.9. The lowest BCUT2D eigenvalue weighted by Gasteiger charge is -2.20. The van der Waals surface area contributed by atoms with Gasteiger partial charge in [0.05, 0.1) is 12.8 Å². The number of hydrogen-bond acceptors (Lipinski definition) is 4. The molecule has 0 aliphatic rings. The fourth-order valence-electron chi connectivity index (χ4n) is 1.69. The van der Waals surface area contributed by atoms with E-state index in [0.717, 1.165) is 5.69 Å². The molecule has 0 aliphatic carbocycles. The van der Waals surface area contributed by atoms with Crippen molar-refractivity contribution in [3.8, 4) is 5.75 Å². The molecule has 0 aliphatic heterocycles. The molecule has 0 saturated carbocycles. The molecule has 0 amide bonds. The average Bonchev–Trinajstić information content (AvgIpc) is 2.38. The highest BCUT2D eigenvalue weighted by molar-refractivity contribution is 5.67. The van der Waals surface area contributed by atoms with E-state index >= 15 is 0 Å². The van der Waals surface area contributed by atoms with Gasteiger partial charge in [0, 0.05) is 13.2 Å². The molecule has 0 spiro atoms. The lowest BCUT2D eigenvalue weighted by atomic mass is 10.2. The predicted molar refractivity (Wildman–Crippen MR) is 68.7 cm³/mol. The lowest BCUT2D eigenvalue weighted by Crippen LogP contribution is -2.27. The first-order valence-corrected chi connectivity index (χ1v) is 5.32. The topological polar surface area (TPSA) is 78.2 Å². The summed E-state index contributed by atoms with van der Waals surface area (Å²) in [5, 5.41) is 0. The van der Waals surface area contributed by atoms with Crippen LogP contribution in [-0.2, 0) is 0 Å². The monoisotopic (exact) mass is 247 g/mol. The summed E-state index contributed by atoms with van der Waals surface area (Å²) in [6, 6.07) is 7.30. The van der Waals surface area contributed by atoms with Crippen molar-refractivity contribution in [2.45, 2.75) is 0 Å². The van der Waals surface area contributed by atoms with Crippen LogP contribution in [0.2, 0.25) is 0 Å². The summed E-state index contributed by atoms with van der Waals surface area (Å²) in [6.45, 7) is 0. The quantitative estimate of drug-likeness (QED) is 0.842. The molecule has 0 atom stereocenters. The molecule has 1 aromatic heterocycles. The van der Waals surface area contributed by atoms with Crippen molar-refractivity contribution in [3.63, 3.8) is 0 Å². The Labute approximate surface area is 103 Å². The molecule has 0 saturated heterocycles. The Morgan fingerprint density at radius 1 is 1.17 bits per heavy atom. The molecule has 6 nitrogen and oxygen atoms in total. The van der Waals surface area contributed by atoms with Crippen LogP contribution in [0.3, 0.4) is 0 Å². The number of hydrogen-bond donors (Lipinski definition) is 2. The molecule has 2 aromatic rings. The van der Waals surface area contributed by atoms with E-state index in [-0.39, 0.29) is 0 Å². The van der Waals surface area contributed by atoms with Crippen molar-refractivity contribution < 1.29 is 4.74 Å². The van der Waals surface area contributed by atoms with Gasteiger partial charge in [-0.25, -0.2) is 4.79 Å².